The first-order valence-corrected chi connectivity index (χ1v) is 10.6. The number of aromatic amines is 1. The predicted octanol–water partition coefficient (Wildman–Crippen LogP) is 6.48. The van der Waals surface area contributed by atoms with Gasteiger partial charge in [-0.1, -0.05) is 12.1 Å². The second-order valence-corrected chi connectivity index (χ2v) is 8.26. The van der Waals surface area contributed by atoms with Crippen molar-refractivity contribution in [1.82, 2.24) is 4.98 Å². The molecule has 0 amide bonds. The molecule has 3 atom stereocenters. The summed E-state index contributed by atoms with van der Waals surface area (Å²) in [5, 5.41) is 10.0. The Morgan fingerprint density at radius 3 is 2.55 bits per heavy atom. The fraction of sp³-hybridized carbons (Fsp3) is 0.318. The van der Waals surface area contributed by atoms with Gasteiger partial charge in [-0.2, -0.15) is 30.2 Å². The lowest BCUT2D eigenvalue weighted by Crippen LogP contribution is -2.08. The molecule has 7 heteroatoms. The fourth-order valence-corrected chi connectivity index (χ4v) is 4.62. The number of rotatable bonds is 5. The molecule has 3 aromatic rings. The van der Waals surface area contributed by atoms with Crippen LogP contribution in [0, 0.1) is 29.0 Å². The van der Waals surface area contributed by atoms with E-state index in [9.17, 15) is 22.8 Å². The maximum atomic E-state index is 14.3. The maximum Gasteiger partial charge on any atom is 0.416 e. The summed E-state index contributed by atoms with van der Waals surface area (Å²) < 4.78 is 53.2. The minimum Gasteiger partial charge on any atom is -0.361 e. The van der Waals surface area contributed by atoms with Crippen LogP contribution in [0.4, 0.5) is 17.6 Å². The number of hydrogen-bond donors (Lipinski definition) is 1. The zero-order valence-electron chi connectivity index (χ0n) is 15.6. The summed E-state index contributed by atoms with van der Waals surface area (Å²) in [6.07, 6.45) is 0.0254. The molecule has 0 spiro atoms. The topological polar surface area (TPSA) is 39.6 Å². The van der Waals surface area contributed by atoms with E-state index in [2.05, 4.69) is 11.1 Å². The van der Waals surface area contributed by atoms with Gasteiger partial charge in [-0.15, -0.1) is 0 Å². The molecule has 2 aromatic carbocycles. The molecule has 1 heterocycles. The second-order valence-electron chi connectivity index (χ2n) is 7.40. The Morgan fingerprint density at radius 1 is 1.24 bits per heavy atom. The van der Waals surface area contributed by atoms with Gasteiger partial charge in [0.25, 0.3) is 0 Å². The third-order valence-corrected chi connectivity index (χ3v) is 6.13. The van der Waals surface area contributed by atoms with E-state index in [1.54, 1.807) is 11.8 Å². The van der Waals surface area contributed by atoms with Crippen molar-refractivity contribution in [2.24, 2.45) is 11.8 Å². The van der Waals surface area contributed by atoms with Crippen LogP contribution in [0.1, 0.15) is 34.6 Å². The van der Waals surface area contributed by atoms with Crippen molar-refractivity contribution in [3.05, 3.63) is 70.7 Å². The van der Waals surface area contributed by atoms with E-state index >= 15 is 0 Å². The highest BCUT2D eigenvalue weighted by atomic mass is 32.2. The molecule has 1 aromatic heterocycles. The minimum absolute atomic E-state index is 0.00278. The van der Waals surface area contributed by atoms with Crippen LogP contribution in [0.25, 0.3) is 10.9 Å². The molecule has 29 heavy (non-hydrogen) atoms. The van der Waals surface area contributed by atoms with Crippen molar-refractivity contribution in [3.63, 3.8) is 0 Å². The molecule has 0 radical (unpaired) electrons. The van der Waals surface area contributed by atoms with Gasteiger partial charge < -0.3 is 4.98 Å². The lowest BCUT2D eigenvalue weighted by Gasteiger charge is -2.18. The van der Waals surface area contributed by atoms with E-state index in [-0.39, 0.29) is 23.6 Å². The molecular formula is C22H18F4N2S. The number of H-pyrrole nitrogens is 1. The zero-order valence-corrected chi connectivity index (χ0v) is 16.4. The quantitative estimate of drug-likeness (QED) is 0.482. The van der Waals surface area contributed by atoms with Crippen molar-refractivity contribution in [1.29, 1.82) is 5.26 Å². The summed E-state index contributed by atoms with van der Waals surface area (Å²) in [6.45, 7) is 0. The average Bonchev–Trinajstić information content (AvgIpc) is 3.33. The third kappa shape index (κ3) is 3.74. The number of fused-ring (bicyclic) bond motifs is 1. The van der Waals surface area contributed by atoms with Gasteiger partial charge in [0.15, 0.2) is 0 Å². The van der Waals surface area contributed by atoms with Gasteiger partial charge in [0.1, 0.15) is 5.82 Å². The zero-order chi connectivity index (χ0) is 20.8. The van der Waals surface area contributed by atoms with Gasteiger partial charge in [0.05, 0.1) is 17.6 Å². The molecular weight excluding hydrogens is 400 g/mol. The first-order valence-electron chi connectivity index (χ1n) is 9.18. The van der Waals surface area contributed by atoms with Gasteiger partial charge in [-0.05, 0) is 59.6 Å². The van der Waals surface area contributed by atoms with Crippen LogP contribution in [0.15, 0.2) is 42.6 Å². The number of aromatic nitrogens is 1. The van der Waals surface area contributed by atoms with Crippen molar-refractivity contribution < 1.29 is 17.6 Å². The molecule has 4 rings (SSSR count). The lowest BCUT2D eigenvalue weighted by molar-refractivity contribution is -0.137. The second kappa shape index (κ2) is 7.42. The molecule has 0 saturated heterocycles. The van der Waals surface area contributed by atoms with Crippen molar-refractivity contribution >= 4 is 22.7 Å². The van der Waals surface area contributed by atoms with Crippen LogP contribution in [-0.4, -0.2) is 11.2 Å². The predicted molar refractivity (Wildman–Crippen MR) is 106 cm³/mol. The van der Waals surface area contributed by atoms with Gasteiger partial charge in [-0.3, -0.25) is 0 Å². The Balaban J connectivity index is 1.82. The minimum atomic E-state index is -4.40. The van der Waals surface area contributed by atoms with Gasteiger partial charge in [0.2, 0.25) is 0 Å². The first kappa shape index (κ1) is 19.8. The SMILES string of the molecule is CSCc1cc(F)cc2c(C(c3ccc(C(F)(F)F)cc3)C3CC3C#N)c[nH]c12. The van der Waals surface area contributed by atoms with Crippen LogP contribution < -0.4 is 0 Å². The molecule has 1 aliphatic rings. The van der Waals surface area contributed by atoms with Crippen LogP contribution in [-0.2, 0) is 11.9 Å². The molecule has 150 valence electrons. The van der Waals surface area contributed by atoms with E-state index in [1.165, 1.54) is 24.3 Å². The molecule has 0 bridgehead atoms. The van der Waals surface area contributed by atoms with Crippen LogP contribution >= 0.6 is 11.8 Å². The highest BCUT2D eigenvalue weighted by Gasteiger charge is 2.45. The van der Waals surface area contributed by atoms with Gasteiger partial charge in [-0.25, -0.2) is 4.39 Å². The number of nitrogens with one attached hydrogen (secondary N) is 1. The third-order valence-electron chi connectivity index (χ3n) is 5.53. The van der Waals surface area contributed by atoms with Crippen LogP contribution in [0.3, 0.4) is 0 Å². The maximum absolute atomic E-state index is 14.3. The first-order chi connectivity index (χ1) is 13.8. The normalized spacial score (nSPS) is 19.9. The largest absolute Gasteiger partial charge is 0.416 e. The highest BCUT2D eigenvalue weighted by molar-refractivity contribution is 7.97. The summed E-state index contributed by atoms with van der Waals surface area (Å²) in [5.41, 5.74) is 2.50. The molecule has 1 fully saturated rings. The molecule has 1 aliphatic carbocycles. The van der Waals surface area contributed by atoms with E-state index in [4.69, 9.17) is 0 Å². The number of nitriles is 1. The smallest absolute Gasteiger partial charge is 0.361 e. The summed E-state index contributed by atoms with van der Waals surface area (Å²) in [7, 11) is 0. The summed E-state index contributed by atoms with van der Waals surface area (Å²) in [4.78, 5) is 3.23. The highest BCUT2D eigenvalue weighted by Crippen LogP contribution is 2.52. The van der Waals surface area contributed by atoms with Gasteiger partial charge in [0, 0.05) is 28.8 Å². The van der Waals surface area contributed by atoms with Gasteiger partial charge >= 0.3 is 6.18 Å². The Hall–Kier alpha value is -2.46. The summed E-state index contributed by atoms with van der Waals surface area (Å²) >= 11 is 1.58. The van der Waals surface area contributed by atoms with Crippen molar-refractivity contribution in [2.75, 3.05) is 6.26 Å². The molecule has 2 nitrogen and oxygen atoms in total. The Bertz CT molecular complexity index is 1080. The Morgan fingerprint density at radius 2 is 1.97 bits per heavy atom. The van der Waals surface area contributed by atoms with E-state index in [0.717, 1.165) is 34.2 Å². The van der Waals surface area contributed by atoms with E-state index in [1.807, 2.05) is 12.5 Å². The number of halogens is 4. The number of thioether (sulfide) groups is 1. The summed E-state index contributed by atoms with van der Waals surface area (Å²) in [6, 6.07) is 10.3. The Kier molecular flexibility index (Phi) is 5.07. The molecule has 3 unspecified atom stereocenters. The molecule has 1 N–H and O–H groups in total. The molecule has 0 aliphatic heterocycles. The number of nitrogens with zero attached hydrogens (tertiary/aromatic N) is 1. The fourth-order valence-electron chi connectivity index (χ4n) is 4.08. The standard InChI is InChI=1S/C22H18F4N2S/c1-29-11-14-6-16(23)8-18-19(10-28-21(14)18)20(17-7-13(17)9-27)12-2-4-15(5-3-12)22(24,25)26/h2-6,8,10,13,17,20,28H,7,11H2,1H3. The lowest BCUT2D eigenvalue weighted by atomic mass is 9.85. The van der Waals surface area contributed by atoms with Crippen molar-refractivity contribution in [3.8, 4) is 6.07 Å². The number of alkyl halides is 3. The van der Waals surface area contributed by atoms with E-state index in [0.29, 0.717) is 17.7 Å². The monoisotopic (exact) mass is 418 g/mol. The Labute approximate surface area is 169 Å². The van der Waals surface area contributed by atoms with Crippen molar-refractivity contribution in [2.45, 2.75) is 24.3 Å². The summed E-state index contributed by atoms with van der Waals surface area (Å²) in [5.74, 6) is -0.112. The number of benzene rings is 2. The average molecular weight is 418 g/mol. The number of hydrogen-bond acceptors (Lipinski definition) is 2. The van der Waals surface area contributed by atoms with Crippen LogP contribution in [0.5, 0.6) is 0 Å². The van der Waals surface area contributed by atoms with E-state index < -0.39 is 11.7 Å². The molecule has 1 saturated carbocycles. The van der Waals surface area contributed by atoms with Crippen LogP contribution in [0.2, 0.25) is 0 Å².